The Bertz CT molecular complexity index is 409. The third kappa shape index (κ3) is 3.85. The Morgan fingerprint density at radius 2 is 2.32 bits per heavy atom. The normalized spacial score (nSPS) is 19.7. The van der Waals surface area contributed by atoms with Crippen LogP contribution in [0.1, 0.15) is 24.8 Å². The van der Waals surface area contributed by atoms with E-state index in [9.17, 15) is 0 Å². The molecule has 1 aromatic rings. The lowest BCUT2D eigenvalue weighted by atomic mass is 9.94. The van der Waals surface area contributed by atoms with Crippen LogP contribution in [0.5, 0.6) is 0 Å². The van der Waals surface area contributed by atoms with Crippen molar-refractivity contribution in [1.82, 2.24) is 5.32 Å². The molecular weight excluding hydrogens is 260 g/mol. The van der Waals surface area contributed by atoms with E-state index in [1.165, 1.54) is 18.4 Å². The monoisotopic (exact) mass is 282 g/mol. The number of aliphatic hydroxyl groups is 1. The first kappa shape index (κ1) is 14.6. The molecule has 0 bridgehead atoms. The van der Waals surface area contributed by atoms with E-state index >= 15 is 0 Å². The number of benzene rings is 1. The van der Waals surface area contributed by atoms with E-state index in [2.05, 4.69) is 22.3 Å². The van der Waals surface area contributed by atoms with Gasteiger partial charge in [-0.25, -0.2) is 0 Å². The highest BCUT2D eigenvalue weighted by Gasteiger charge is 2.21. The minimum Gasteiger partial charge on any atom is -0.396 e. The largest absolute Gasteiger partial charge is 0.396 e. The van der Waals surface area contributed by atoms with Gasteiger partial charge in [0.05, 0.1) is 10.7 Å². The Morgan fingerprint density at radius 1 is 1.47 bits per heavy atom. The molecule has 1 fully saturated rings. The maximum Gasteiger partial charge on any atom is 0.0642 e. The van der Waals surface area contributed by atoms with Crippen molar-refractivity contribution in [2.45, 2.75) is 25.8 Å². The van der Waals surface area contributed by atoms with Crippen molar-refractivity contribution in [3.8, 4) is 0 Å². The van der Waals surface area contributed by atoms with Gasteiger partial charge in [-0.15, -0.1) is 0 Å². The highest BCUT2D eigenvalue weighted by Crippen LogP contribution is 2.31. The number of anilines is 1. The van der Waals surface area contributed by atoms with E-state index in [0.29, 0.717) is 5.92 Å². The first-order valence-corrected chi connectivity index (χ1v) is 7.41. The van der Waals surface area contributed by atoms with Crippen LogP contribution in [0, 0.1) is 5.92 Å². The van der Waals surface area contributed by atoms with Gasteiger partial charge in [0, 0.05) is 26.2 Å². The number of hydrogen-bond acceptors (Lipinski definition) is 3. The molecular formula is C15H23ClN2O. The summed E-state index contributed by atoms with van der Waals surface area (Å²) >= 11 is 6.40. The van der Waals surface area contributed by atoms with Crippen LogP contribution in [0.3, 0.4) is 0 Å². The quantitative estimate of drug-likeness (QED) is 0.872. The maximum absolute atomic E-state index is 9.07. The lowest BCUT2D eigenvalue weighted by Gasteiger charge is -2.34. The van der Waals surface area contributed by atoms with Crippen LogP contribution in [0.4, 0.5) is 5.69 Å². The molecule has 19 heavy (non-hydrogen) atoms. The summed E-state index contributed by atoms with van der Waals surface area (Å²) in [6.07, 6.45) is 3.29. The SMILES string of the molecule is CNCc1ccc(N2CCCC(CCO)C2)c(Cl)c1. The Labute approximate surface area is 120 Å². The van der Waals surface area contributed by atoms with Crippen LogP contribution < -0.4 is 10.2 Å². The first-order chi connectivity index (χ1) is 9.24. The average molecular weight is 283 g/mol. The lowest BCUT2D eigenvalue weighted by molar-refractivity contribution is 0.244. The van der Waals surface area contributed by atoms with E-state index in [1.807, 2.05) is 13.1 Å². The average Bonchev–Trinajstić information content (AvgIpc) is 2.40. The van der Waals surface area contributed by atoms with E-state index < -0.39 is 0 Å². The second kappa shape index (κ2) is 7.13. The topological polar surface area (TPSA) is 35.5 Å². The van der Waals surface area contributed by atoms with Gasteiger partial charge in [0.15, 0.2) is 0 Å². The Hall–Kier alpha value is -0.770. The molecule has 1 unspecified atom stereocenters. The van der Waals surface area contributed by atoms with Crippen molar-refractivity contribution in [1.29, 1.82) is 0 Å². The van der Waals surface area contributed by atoms with Crippen molar-refractivity contribution in [3.63, 3.8) is 0 Å². The van der Waals surface area contributed by atoms with E-state index in [-0.39, 0.29) is 6.61 Å². The van der Waals surface area contributed by atoms with E-state index in [0.717, 1.165) is 36.8 Å². The predicted molar refractivity (Wildman–Crippen MR) is 80.9 cm³/mol. The predicted octanol–water partition coefficient (Wildman–Crippen LogP) is 2.66. The first-order valence-electron chi connectivity index (χ1n) is 7.03. The summed E-state index contributed by atoms with van der Waals surface area (Å²) < 4.78 is 0. The summed E-state index contributed by atoms with van der Waals surface area (Å²) in [4.78, 5) is 2.36. The van der Waals surface area contributed by atoms with Gasteiger partial charge in [0.2, 0.25) is 0 Å². The van der Waals surface area contributed by atoms with E-state index in [1.54, 1.807) is 0 Å². The summed E-state index contributed by atoms with van der Waals surface area (Å²) in [5.74, 6) is 0.590. The molecule has 1 saturated heterocycles. The number of nitrogens with one attached hydrogen (secondary N) is 1. The molecule has 1 atom stereocenters. The maximum atomic E-state index is 9.07. The van der Waals surface area contributed by atoms with Gasteiger partial charge in [-0.05, 0) is 49.9 Å². The smallest absolute Gasteiger partial charge is 0.0642 e. The Kier molecular flexibility index (Phi) is 5.49. The summed E-state index contributed by atoms with van der Waals surface area (Å²) in [6, 6.07) is 6.30. The molecule has 1 aliphatic rings. The van der Waals surface area contributed by atoms with Gasteiger partial charge in [0.1, 0.15) is 0 Å². The van der Waals surface area contributed by atoms with Crippen LogP contribution in [-0.4, -0.2) is 31.9 Å². The Balaban J connectivity index is 2.08. The van der Waals surface area contributed by atoms with Gasteiger partial charge < -0.3 is 15.3 Å². The third-order valence-corrected chi connectivity index (χ3v) is 4.09. The fourth-order valence-electron chi connectivity index (χ4n) is 2.82. The zero-order chi connectivity index (χ0) is 13.7. The fraction of sp³-hybridized carbons (Fsp3) is 0.600. The lowest BCUT2D eigenvalue weighted by Crippen LogP contribution is -2.35. The number of aliphatic hydroxyl groups excluding tert-OH is 1. The molecule has 2 rings (SSSR count). The van der Waals surface area contributed by atoms with Gasteiger partial charge in [-0.3, -0.25) is 0 Å². The standard InChI is InChI=1S/C15H23ClN2O/c1-17-10-13-4-5-15(14(16)9-13)18-7-2-3-12(11-18)6-8-19/h4-5,9,12,17,19H,2-3,6-8,10-11H2,1H3. The molecule has 0 amide bonds. The summed E-state index contributed by atoms with van der Waals surface area (Å²) in [5, 5.41) is 13.0. The van der Waals surface area contributed by atoms with Crippen molar-refractivity contribution in [2.24, 2.45) is 5.92 Å². The minimum absolute atomic E-state index is 0.285. The van der Waals surface area contributed by atoms with Crippen LogP contribution in [0.2, 0.25) is 5.02 Å². The zero-order valence-corrected chi connectivity index (χ0v) is 12.3. The van der Waals surface area contributed by atoms with Crippen molar-refractivity contribution < 1.29 is 5.11 Å². The highest BCUT2D eigenvalue weighted by atomic mass is 35.5. The summed E-state index contributed by atoms with van der Waals surface area (Å²) in [6.45, 7) is 3.19. The van der Waals surface area contributed by atoms with Gasteiger partial charge in [-0.2, -0.15) is 0 Å². The molecule has 0 saturated carbocycles. The molecule has 0 radical (unpaired) electrons. The van der Waals surface area contributed by atoms with Crippen LogP contribution >= 0.6 is 11.6 Å². The molecule has 0 aliphatic carbocycles. The summed E-state index contributed by atoms with van der Waals surface area (Å²) in [5.41, 5.74) is 2.34. The molecule has 2 N–H and O–H groups in total. The highest BCUT2D eigenvalue weighted by molar-refractivity contribution is 6.33. The molecule has 1 aliphatic heterocycles. The molecule has 4 heteroatoms. The van der Waals surface area contributed by atoms with Crippen molar-refractivity contribution >= 4 is 17.3 Å². The zero-order valence-electron chi connectivity index (χ0n) is 11.5. The van der Waals surface area contributed by atoms with Crippen LogP contribution in [-0.2, 0) is 6.54 Å². The van der Waals surface area contributed by atoms with Crippen molar-refractivity contribution in [2.75, 3.05) is 31.6 Å². The number of piperidine rings is 1. The van der Waals surface area contributed by atoms with Crippen molar-refractivity contribution in [3.05, 3.63) is 28.8 Å². The third-order valence-electron chi connectivity index (χ3n) is 3.79. The number of hydrogen-bond donors (Lipinski definition) is 2. The Morgan fingerprint density at radius 3 is 3.00 bits per heavy atom. The number of halogens is 1. The molecule has 106 valence electrons. The summed E-state index contributed by atoms with van der Waals surface area (Å²) in [7, 11) is 1.94. The van der Waals surface area contributed by atoms with Crippen LogP contribution in [0.25, 0.3) is 0 Å². The molecule has 1 aromatic carbocycles. The number of rotatable bonds is 5. The number of nitrogens with zero attached hydrogens (tertiary/aromatic N) is 1. The van der Waals surface area contributed by atoms with Gasteiger partial charge in [-0.1, -0.05) is 17.7 Å². The molecule has 0 aromatic heterocycles. The minimum atomic E-state index is 0.285. The van der Waals surface area contributed by atoms with Crippen LogP contribution in [0.15, 0.2) is 18.2 Å². The molecule has 1 heterocycles. The second-order valence-electron chi connectivity index (χ2n) is 5.28. The van der Waals surface area contributed by atoms with Gasteiger partial charge in [0.25, 0.3) is 0 Å². The molecule has 0 spiro atoms. The van der Waals surface area contributed by atoms with Gasteiger partial charge >= 0.3 is 0 Å². The fourth-order valence-corrected chi connectivity index (χ4v) is 3.15. The van der Waals surface area contributed by atoms with E-state index in [4.69, 9.17) is 16.7 Å². The second-order valence-corrected chi connectivity index (χ2v) is 5.69. The molecule has 3 nitrogen and oxygen atoms in total.